The number of benzene rings is 1. The Hall–Kier alpha value is -2.64. The minimum absolute atomic E-state index is 0.131. The van der Waals surface area contributed by atoms with Crippen LogP contribution in [0.3, 0.4) is 0 Å². The summed E-state index contributed by atoms with van der Waals surface area (Å²) in [6, 6.07) is 8.59. The summed E-state index contributed by atoms with van der Waals surface area (Å²) in [6.07, 6.45) is 5.28. The third-order valence-electron chi connectivity index (χ3n) is 5.17. The maximum Gasteiger partial charge on any atom is 0.325 e. The zero-order valence-corrected chi connectivity index (χ0v) is 15.6. The monoisotopic (exact) mass is 384 g/mol. The van der Waals surface area contributed by atoms with E-state index in [2.05, 4.69) is 4.98 Å². The van der Waals surface area contributed by atoms with E-state index in [1.54, 1.807) is 24.5 Å². The van der Waals surface area contributed by atoms with Crippen LogP contribution < -0.4 is 9.47 Å². The Labute approximate surface area is 163 Å². The molecule has 2 aliphatic heterocycles. The Bertz CT molecular complexity index is 806. The van der Waals surface area contributed by atoms with Crippen LogP contribution in [0.15, 0.2) is 42.7 Å². The van der Waals surface area contributed by atoms with Gasteiger partial charge in [0.05, 0.1) is 12.7 Å². The maximum atomic E-state index is 12.0. The normalized spacial score (nSPS) is 18.6. The van der Waals surface area contributed by atoms with Gasteiger partial charge in [0, 0.05) is 25.5 Å². The largest absolute Gasteiger partial charge is 0.486 e. The van der Waals surface area contributed by atoms with Gasteiger partial charge in [-0.2, -0.15) is 0 Å². The molecule has 148 valence electrons. The van der Waals surface area contributed by atoms with E-state index in [1.165, 1.54) is 0 Å². The fraction of sp³-hybridized carbons (Fsp3) is 0.429. The zero-order valence-electron chi connectivity index (χ0n) is 15.6. The second kappa shape index (κ2) is 8.58. The quantitative estimate of drug-likeness (QED) is 0.820. The molecular weight excluding hydrogens is 360 g/mol. The Morgan fingerprint density at radius 1 is 1.21 bits per heavy atom. The van der Waals surface area contributed by atoms with Crippen molar-refractivity contribution in [2.24, 2.45) is 0 Å². The molecular formula is C21H24N2O5. The molecule has 1 atom stereocenters. The number of pyridine rings is 1. The molecule has 0 aliphatic carbocycles. The van der Waals surface area contributed by atoms with Crippen LogP contribution in [0.25, 0.3) is 0 Å². The van der Waals surface area contributed by atoms with Crippen LogP contribution in [-0.4, -0.2) is 53.4 Å². The Kier molecular flexibility index (Phi) is 5.73. The minimum atomic E-state index is -0.855. The number of likely N-dealkylation sites (tertiary alicyclic amines) is 1. The molecule has 1 fully saturated rings. The molecule has 0 unspecified atom stereocenters. The van der Waals surface area contributed by atoms with Gasteiger partial charge in [0.1, 0.15) is 19.3 Å². The van der Waals surface area contributed by atoms with Gasteiger partial charge >= 0.3 is 5.97 Å². The molecule has 1 aromatic heterocycles. The van der Waals surface area contributed by atoms with Crippen molar-refractivity contribution in [3.8, 4) is 11.5 Å². The summed E-state index contributed by atoms with van der Waals surface area (Å²) in [5.41, 5.74) is 1.76. The van der Waals surface area contributed by atoms with Crippen molar-refractivity contribution in [2.75, 3.05) is 26.3 Å². The average Bonchev–Trinajstić information content (AvgIpc) is 2.74. The van der Waals surface area contributed by atoms with Gasteiger partial charge in [-0.25, -0.2) is 0 Å². The van der Waals surface area contributed by atoms with Crippen LogP contribution >= 0.6 is 0 Å². The van der Waals surface area contributed by atoms with Crippen LogP contribution in [-0.2, 0) is 16.1 Å². The molecule has 7 nitrogen and oxygen atoms in total. The number of hydrogen-bond donors (Lipinski definition) is 1. The summed E-state index contributed by atoms with van der Waals surface area (Å²) in [6.45, 7) is 2.87. The summed E-state index contributed by atoms with van der Waals surface area (Å²) in [7, 11) is 0. The van der Waals surface area contributed by atoms with E-state index in [4.69, 9.17) is 14.2 Å². The molecule has 28 heavy (non-hydrogen) atoms. The van der Waals surface area contributed by atoms with Crippen molar-refractivity contribution in [2.45, 2.75) is 31.6 Å². The van der Waals surface area contributed by atoms with Crippen molar-refractivity contribution in [3.63, 3.8) is 0 Å². The first-order chi connectivity index (χ1) is 13.7. The van der Waals surface area contributed by atoms with E-state index in [9.17, 15) is 9.90 Å². The van der Waals surface area contributed by atoms with Gasteiger partial charge in [-0.1, -0.05) is 12.1 Å². The number of rotatable bonds is 6. The van der Waals surface area contributed by atoms with Crippen molar-refractivity contribution in [1.82, 2.24) is 9.88 Å². The number of hydrogen-bond acceptors (Lipinski definition) is 6. The second-order valence-corrected chi connectivity index (χ2v) is 7.05. The van der Waals surface area contributed by atoms with Crippen molar-refractivity contribution < 1.29 is 24.1 Å². The summed E-state index contributed by atoms with van der Waals surface area (Å²) < 4.78 is 17.1. The molecule has 7 heteroatoms. The molecule has 4 rings (SSSR count). The lowest BCUT2D eigenvalue weighted by atomic mass is 10.00. The molecule has 0 saturated carbocycles. The van der Waals surface area contributed by atoms with Gasteiger partial charge < -0.3 is 19.3 Å². The van der Waals surface area contributed by atoms with E-state index in [0.29, 0.717) is 50.0 Å². The summed E-state index contributed by atoms with van der Waals surface area (Å²) in [5.74, 6) is 0.428. The van der Waals surface area contributed by atoms with Gasteiger partial charge in [0.2, 0.25) is 0 Å². The van der Waals surface area contributed by atoms with Crippen LogP contribution in [0, 0.1) is 0 Å². The van der Waals surface area contributed by atoms with E-state index >= 15 is 0 Å². The van der Waals surface area contributed by atoms with E-state index in [1.807, 2.05) is 23.1 Å². The lowest BCUT2D eigenvalue weighted by Gasteiger charge is -2.36. The lowest BCUT2D eigenvalue weighted by molar-refractivity contribution is -0.145. The molecule has 0 spiro atoms. The predicted octanol–water partition coefficient (Wildman–Crippen LogP) is 2.66. The van der Waals surface area contributed by atoms with Gasteiger partial charge in [-0.05, 0) is 42.2 Å². The van der Waals surface area contributed by atoms with Crippen LogP contribution in [0.5, 0.6) is 11.5 Å². The van der Waals surface area contributed by atoms with Gasteiger partial charge in [-0.15, -0.1) is 0 Å². The van der Waals surface area contributed by atoms with E-state index < -0.39 is 12.0 Å². The number of ether oxygens (including phenoxy) is 3. The Balaban J connectivity index is 1.38. The predicted molar refractivity (Wildman–Crippen MR) is 101 cm³/mol. The number of carboxylic acid groups (broad SMARTS) is 1. The SMILES string of the molecule is O=C(O)[C@H](c1ccc2c(c1)OCCO2)N1CCC(OCc2cccnc2)CC1. The van der Waals surface area contributed by atoms with Crippen molar-refractivity contribution in [3.05, 3.63) is 53.9 Å². The summed E-state index contributed by atoms with van der Waals surface area (Å²) in [4.78, 5) is 18.1. The summed E-state index contributed by atoms with van der Waals surface area (Å²) >= 11 is 0. The molecule has 3 heterocycles. The highest BCUT2D eigenvalue weighted by Gasteiger charge is 2.32. The van der Waals surface area contributed by atoms with E-state index in [0.717, 1.165) is 18.4 Å². The minimum Gasteiger partial charge on any atom is -0.486 e. The smallest absolute Gasteiger partial charge is 0.325 e. The third-order valence-corrected chi connectivity index (χ3v) is 5.17. The Morgan fingerprint density at radius 2 is 2.00 bits per heavy atom. The maximum absolute atomic E-state index is 12.0. The molecule has 1 saturated heterocycles. The fourth-order valence-corrected chi connectivity index (χ4v) is 3.74. The molecule has 0 bridgehead atoms. The number of aromatic nitrogens is 1. The van der Waals surface area contributed by atoms with Crippen molar-refractivity contribution >= 4 is 5.97 Å². The molecule has 2 aliphatic rings. The van der Waals surface area contributed by atoms with Gasteiger partial charge in [0.15, 0.2) is 11.5 Å². The number of carboxylic acids is 1. The van der Waals surface area contributed by atoms with Gasteiger partial charge in [-0.3, -0.25) is 14.7 Å². The molecule has 0 radical (unpaired) electrons. The Morgan fingerprint density at radius 3 is 2.71 bits per heavy atom. The van der Waals surface area contributed by atoms with Crippen molar-refractivity contribution in [1.29, 1.82) is 0 Å². The highest BCUT2D eigenvalue weighted by atomic mass is 16.6. The first-order valence-corrected chi connectivity index (χ1v) is 9.57. The average molecular weight is 384 g/mol. The summed E-state index contributed by atoms with van der Waals surface area (Å²) in [5, 5.41) is 9.85. The number of fused-ring (bicyclic) bond motifs is 1. The lowest BCUT2D eigenvalue weighted by Crippen LogP contribution is -2.42. The van der Waals surface area contributed by atoms with Gasteiger partial charge in [0.25, 0.3) is 0 Å². The fourth-order valence-electron chi connectivity index (χ4n) is 3.74. The van der Waals surface area contributed by atoms with Crippen LogP contribution in [0.1, 0.15) is 30.0 Å². The number of piperidine rings is 1. The second-order valence-electron chi connectivity index (χ2n) is 7.05. The highest BCUT2D eigenvalue weighted by Crippen LogP contribution is 2.35. The topological polar surface area (TPSA) is 81.1 Å². The van der Waals surface area contributed by atoms with Crippen LogP contribution in [0.4, 0.5) is 0 Å². The molecule has 1 N–H and O–H groups in total. The number of carbonyl (C=O) groups is 1. The van der Waals surface area contributed by atoms with E-state index in [-0.39, 0.29) is 6.10 Å². The molecule has 0 amide bonds. The molecule has 1 aromatic carbocycles. The highest BCUT2D eigenvalue weighted by molar-refractivity contribution is 5.76. The first-order valence-electron chi connectivity index (χ1n) is 9.57. The zero-order chi connectivity index (χ0) is 19.3. The number of aliphatic carboxylic acids is 1. The first kappa shape index (κ1) is 18.7. The standard InChI is InChI=1S/C21H24N2O5/c24-21(25)20(16-3-4-18-19(12-16)27-11-10-26-18)23-8-5-17(6-9-23)28-14-15-2-1-7-22-13-15/h1-4,7,12-13,17,20H,5-6,8-11,14H2,(H,24,25)/t20-/m0/s1. The molecule has 2 aromatic rings. The van der Waals surface area contributed by atoms with Crippen LogP contribution in [0.2, 0.25) is 0 Å². The third kappa shape index (κ3) is 4.26. The number of nitrogens with zero attached hydrogens (tertiary/aromatic N) is 2.